The average molecular weight is 252 g/mol. The number of halogens is 1. The lowest BCUT2D eigenvalue weighted by Crippen LogP contribution is -2.28. The molecule has 0 radical (unpaired) electrons. The number of rotatable bonds is 0. The standard InChI is InChI=1S/C7H9IO2/c8-5-3-10-7-2-4(5)1-6(7)9/h4-5,7H,1-3H2/t4-,5-,7+/m0/s1. The Morgan fingerprint density at radius 3 is 3.10 bits per heavy atom. The maximum Gasteiger partial charge on any atom is 0.161 e. The molecule has 2 aliphatic rings. The van der Waals surface area contributed by atoms with E-state index in [0.29, 0.717) is 15.6 Å². The third-order valence-corrected chi connectivity index (χ3v) is 3.68. The Labute approximate surface area is 73.5 Å². The Bertz CT molecular complexity index is 169. The van der Waals surface area contributed by atoms with Gasteiger partial charge in [0.2, 0.25) is 0 Å². The van der Waals surface area contributed by atoms with Gasteiger partial charge in [-0.2, -0.15) is 0 Å². The molecular weight excluding hydrogens is 243 g/mol. The summed E-state index contributed by atoms with van der Waals surface area (Å²) in [4.78, 5) is 11.1. The van der Waals surface area contributed by atoms with Crippen LogP contribution in [0.15, 0.2) is 0 Å². The molecule has 2 rings (SSSR count). The monoisotopic (exact) mass is 252 g/mol. The van der Waals surface area contributed by atoms with Gasteiger partial charge in [0.15, 0.2) is 5.78 Å². The van der Waals surface area contributed by atoms with E-state index in [0.717, 1.165) is 19.4 Å². The van der Waals surface area contributed by atoms with Crippen molar-refractivity contribution < 1.29 is 9.53 Å². The second-order valence-corrected chi connectivity index (χ2v) is 4.60. The van der Waals surface area contributed by atoms with E-state index in [9.17, 15) is 4.79 Å². The minimum Gasteiger partial charge on any atom is -0.369 e. The van der Waals surface area contributed by atoms with E-state index in [1.807, 2.05) is 0 Å². The minimum absolute atomic E-state index is 0.0315. The van der Waals surface area contributed by atoms with Gasteiger partial charge in [-0.3, -0.25) is 4.79 Å². The van der Waals surface area contributed by atoms with E-state index >= 15 is 0 Å². The summed E-state index contributed by atoms with van der Waals surface area (Å²) in [5, 5.41) is 0. The number of fused-ring (bicyclic) bond motifs is 2. The molecule has 3 heteroatoms. The molecule has 0 amide bonds. The van der Waals surface area contributed by atoms with E-state index in [-0.39, 0.29) is 6.10 Å². The fraction of sp³-hybridized carbons (Fsp3) is 0.857. The first-order chi connectivity index (χ1) is 4.77. The molecule has 56 valence electrons. The molecule has 3 atom stereocenters. The van der Waals surface area contributed by atoms with Crippen LogP contribution >= 0.6 is 22.6 Å². The fourth-order valence-electron chi connectivity index (χ4n) is 1.66. The molecule has 0 spiro atoms. The number of Topliss-reactive ketones (excluding diaryl/α,β-unsaturated/α-hetero) is 1. The van der Waals surface area contributed by atoms with Crippen molar-refractivity contribution in [3.63, 3.8) is 0 Å². The highest BCUT2D eigenvalue weighted by Crippen LogP contribution is 2.36. The first kappa shape index (κ1) is 7.03. The summed E-state index contributed by atoms with van der Waals surface area (Å²) < 4.78 is 5.91. The third-order valence-electron chi connectivity index (χ3n) is 2.31. The first-order valence-corrected chi connectivity index (χ1v) is 4.80. The van der Waals surface area contributed by atoms with Gasteiger partial charge in [0.25, 0.3) is 0 Å². The number of carbonyl (C=O) groups is 1. The van der Waals surface area contributed by atoms with Crippen molar-refractivity contribution in [2.24, 2.45) is 5.92 Å². The minimum atomic E-state index is -0.0315. The molecule has 0 aromatic rings. The fourth-order valence-corrected chi connectivity index (χ4v) is 2.42. The van der Waals surface area contributed by atoms with E-state index in [2.05, 4.69) is 22.6 Å². The molecule has 2 bridgehead atoms. The lowest BCUT2D eigenvalue weighted by Gasteiger charge is -2.22. The van der Waals surface area contributed by atoms with Crippen molar-refractivity contribution in [3.8, 4) is 0 Å². The second-order valence-electron chi connectivity index (χ2n) is 3.00. The Balaban J connectivity index is 2.15. The molecule has 0 aromatic carbocycles. The normalized spacial score (nSPS) is 46.1. The number of alkyl halides is 1. The molecule has 1 saturated carbocycles. The smallest absolute Gasteiger partial charge is 0.161 e. The van der Waals surface area contributed by atoms with Crippen LogP contribution in [0.4, 0.5) is 0 Å². The van der Waals surface area contributed by atoms with Crippen LogP contribution in [0.3, 0.4) is 0 Å². The molecule has 1 aliphatic heterocycles. The Kier molecular flexibility index (Phi) is 1.72. The highest BCUT2D eigenvalue weighted by molar-refractivity contribution is 14.1. The zero-order chi connectivity index (χ0) is 7.14. The van der Waals surface area contributed by atoms with E-state index in [1.165, 1.54) is 0 Å². The maximum absolute atomic E-state index is 11.1. The number of hydrogen-bond acceptors (Lipinski definition) is 2. The summed E-state index contributed by atoms with van der Waals surface area (Å²) in [5.41, 5.74) is 0. The lowest BCUT2D eigenvalue weighted by atomic mass is 10.0. The van der Waals surface area contributed by atoms with E-state index in [4.69, 9.17) is 4.74 Å². The number of hydrogen-bond donors (Lipinski definition) is 0. The lowest BCUT2D eigenvalue weighted by molar-refractivity contribution is -0.126. The molecule has 1 aliphatic carbocycles. The predicted molar refractivity (Wildman–Crippen MR) is 45.3 cm³/mol. The number of ketones is 1. The van der Waals surface area contributed by atoms with Crippen LogP contribution in [-0.4, -0.2) is 22.4 Å². The average Bonchev–Trinajstić information content (AvgIpc) is 2.21. The summed E-state index contributed by atoms with van der Waals surface area (Å²) in [6.45, 7) is 0.779. The van der Waals surface area contributed by atoms with Crippen LogP contribution in [0, 0.1) is 5.92 Å². The van der Waals surface area contributed by atoms with Crippen LogP contribution in [0.1, 0.15) is 12.8 Å². The molecule has 1 saturated heterocycles. The van der Waals surface area contributed by atoms with Gasteiger partial charge in [-0.15, -0.1) is 0 Å². The van der Waals surface area contributed by atoms with Gasteiger partial charge >= 0.3 is 0 Å². The molecule has 2 fully saturated rings. The summed E-state index contributed by atoms with van der Waals surface area (Å²) >= 11 is 2.38. The molecular formula is C7H9IO2. The highest BCUT2D eigenvalue weighted by Gasteiger charge is 2.40. The van der Waals surface area contributed by atoms with Crippen LogP contribution in [0.5, 0.6) is 0 Å². The van der Waals surface area contributed by atoms with Gasteiger partial charge in [-0.05, 0) is 12.3 Å². The maximum atomic E-state index is 11.1. The topological polar surface area (TPSA) is 26.3 Å². The Hall–Kier alpha value is 0.360. The molecule has 0 aromatic heterocycles. The summed E-state index contributed by atoms with van der Waals surface area (Å²) in [7, 11) is 0. The third kappa shape index (κ3) is 0.993. The largest absolute Gasteiger partial charge is 0.369 e. The summed E-state index contributed by atoms with van der Waals surface area (Å²) in [5.74, 6) is 0.941. The van der Waals surface area contributed by atoms with Crippen molar-refractivity contribution in [3.05, 3.63) is 0 Å². The van der Waals surface area contributed by atoms with Gasteiger partial charge in [0.05, 0.1) is 6.61 Å². The van der Waals surface area contributed by atoms with E-state index in [1.54, 1.807) is 0 Å². The molecule has 10 heavy (non-hydrogen) atoms. The molecule has 2 nitrogen and oxygen atoms in total. The van der Waals surface area contributed by atoms with Crippen LogP contribution in [-0.2, 0) is 9.53 Å². The highest BCUT2D eigenvalue weighted by atomic mass is 127. The zero-order valence-corrected chi connectivity index (χ0v) is 7.71. The molecule has 0 N–H and O–H groups in total. The first-order valence-electron chi connectivity index (χ1n) is 3.56. The van der Waals surface area contributed by atoms with Crippen molar-refractivity contribution >= 4 is 28.4 Å². The SMILES string of the molecule is O=C1C[C@H]2C[C@H]1OC[C@@H]2I. The molecule has 1 heterocycles. The van der Waals surface area contributed by atoms with E-state index < -0.39 is 0 Å². The van der Waals surface area contributed by atoms with Gasteiger partial charge in [0, 0.05) is 10.3 Å². The number of ether oxygens (including phenoxy) is 1. The van der Waals surface area contributed by atoms with Crippen LogP contribution in [0.25, 0.3) is 0 Å². The van der Waals surface area contributed by atoms with Crippen LogP contribution < -0.4 is 0 Å². The van der Waals surface area contributed by atoms with Gasteiger partial charge in [0.1, 0.15) is 6.10 Å². The quantitative estimate of drug-likeness (QED) is 0.477. The van der Waals surface area contributed by atoms with Gasteiger partial charge in [-0.1, -0.05) is 22.6 Å². The summed E-state index contributed by atoms with van der Waals surface area (Å²) in [6.07, 6.45) is 1.71. The summed E-state index contributed by atoms with van der Waals surface area (Å²) in [6, 6.07) is 0. The van der Waals surface area contributed by atoms with Gasteiger partial charge < -0.3 is 4.74 Å². The molecule has 0 unspecified atom stereocenters. The Morgan fingerprint density at radius 2 is 2.40 bits per heavy atom. The van der Waals surface area contributed by atoms with Crippen molar-refractivity contribution in [1.29, 1.82) is 0 Å². The number of carbonyl (C=O) groups excluding carboxylic acids is 1. The Morgan fingerprint density at radius 1 is 1.60 bits per heavy atom. The van der Waals surface area contributed by atoms with Crippen molar-refractivity contribution in [1.82, 2.24) is 0 Å². The predicted octanol–water partition coefficient (Wildman–Crippen LogP) is 1.17. The van der Waals surface area contributed by atoms with Gasteiger partial charge in [-0.25, -0.2) is 0 Å². The van der Waals surface area contributed by atoms with Crippen molar-refractivity contribution in [2.45, 2.75) is 22.9 Å². The van der Waals surface area contributed by atoms with Crippen LogP contribution in [0.2, 0.25) is 0 Å². The zero-order valence-electron chi connectivity index (χ0n) is 5.55. The van der Waals surface area contributed by atoms with Crippen molar-refractivity contribution in [2.75, 3.05) is 6.61 Å². The second kappa shape index (κ2) is 2.44.